The van der Waals surface area contributed by atoms with Gasteiger partial charge in [0.1, 0.15) is 0 Å². The van der Waals surface area contributed by atoms with Gasteiger partial charge in [-0.3, -0.25) is 0 Å². The van der Waals surface area contributed by atoms with Crippen molar-refractivity contribution in [3.05, 3.63) is 23.8 Å². The minimum Gasteiger partial charge on any atom is -0.339 e. The van der Waals surface area contributed by atoms with Crippen molar-refractivity contribution < 1.29 is 4.52 Å². The van der Waals surface area contributed by atoms with Crippen LogP contribution >= 0.6 is 0 Å². The Labute approximate surface area is 119 Å². The molecule has 6 heteroatoms. The molecule has 0 saturated heterocycles. The van der Waals surface area contributed by atoms with Crippen LogP contribution in [0.1, 0.15) is 38.1 Å². The molecule has 20 heavy (non-hydrogen) atoms. The highest BCUT2D eigenvalue weighted by Crippen LogP contribution is 2.12. The first-order chi connectivity index (χ1) is 9.72. The quantitative estimate of drug-likeness (QED) is 0.834. The Kier molecular flexibility index (Phi) is 5.17. The van der Waals surface area contributed by atoms with E-state index >= 15 is 0 Å². The lowest BCUT2D eigenvalue weighted by atomic mass is 10.1. The highest BCUT2D eigenvalue weighted by Gasteiger charge is 2.14. The van der Waals surface area contributed by atoms with Crippen LogP contribution in [-0.4, -0.2) is 32.7 Å². The molecule has 1 unspecified atom stereocenters. The van der Waals surface area contributed by atoms with Crippen molar-refractivity contribution >= 4 is 0 Å². The highest BCUT2D eigenvalue weighted by molar-refractivity contribution is 5.40. The Balaban J connectivity index is 2.02. The molecule has 6 nitrogen and oxygen atoms in total. The van der Waals surface area contributed by atoms with Crippen molar-refractivity contribution in [1.29, 1.82) is 0 Å². The number of aromatic nitrogens is 4. The van der Waals surface area contributed by atoms with E-state index in [-0.39, 0.29) is 0 Å². The van der Waals surface area contributed by atoms with Crippen LogP contribution in [0.2, 0.25) is 0 Å². The van der Waals surface area contributed by atoms with Crippen LogP contribution in [0.15, 0.2) is 16.9 Å². The molecule has 0 aliphatic heterocycles. The van der Waals surface area contributed by atoms with Gasteiger partial charge in [-0.2, -0.15) is 4.98 Å². The first-order valence-electron chi connectivity index (χ1n) is 7.07. The van der Waals surface area contributed by atoms with E-state index in [9.17, 15) is 0 Å². The second-order valence-corrected chi connectivity index (χ2v) is 4.86. The third-order valence-corrected chi connectivity index (χ3v) is 3.05. The molecule has 2 aromatic heterocycles. The Morgan fingerprint density at radius 2 is 1.95 bits per heavy atom. The molecule has 0 aliphatic carbocycles. The van der Waals surface area contributed by atoms with Crippen LogP contribution in [0.5, 0.6) is 0 Å². The molecule has 0 bridgehead atoms. The fourth-order valence-electron chi connectivity index (χ4n) is 1.86. The van der Waals surface area contributed by atoms with E-state index in [1.807, 2.05) is 6.92 Å². The summed E-state index contributed by atoms with van der Waals surface area (Å²) in [5.41, 5.74) is 1.01. The minimum absolute atomic E-state index is 0.363. The molecule has 0 aliphatic rings. The first kappa shape index (κ1) is 14.6. The van der Waals surface area contributed by atoms with E-state index in [2.05, 4.69) is 39.3 Å². The van der Waals surface area contributed by atoms with Crippen LogP contribution in [0.3, 0.4) is 0 Å². The molecule has 0 aromatic carbocycles. The molecular weight excluding hydrogens is 254 g/mol. The van der Waals surface area contributed by atoms with E-state index in [1.54, 1.807) is 12.4 Å². The summed E-state index contributed by atoms with van der Waals surface area (Å²) in [6, 6.07) is 0.363. The van der Waals surface area contributed by atoms with Crippen molar-refractivity contribution in [2.75, 3.05) is 6.54 Å². The molecule has 108 valence electrons. The van der Waals surface area contributed by atoms with Gasteiger partial charge in [0.2, 0.25) is 17.5 Å². The molecular formula is C14H21N5O. The number of hydrogen-bond acceptors (Lipinski definition) is 6. The SMILES string of the molecule is CCCNC(CC)Cc1nc(-c2ncc(C)cn2)no1. The maximum Gasteiger partial charge on any atom is 0.240 e. The van der Waals surface area contributed by atoms with E-state index in [0.717, 1.165) is 31.4 Å². The first-order valence-corrected chi connectivity index (χ1v) is 7.07. The fraction of sp³-hybridized carbons (Fsp3) is 0.571. The molecule has 2 rings (SSSR count). The van der Waals surface area contributed by atoms with Gasteiger partial charge in [-0.25, -0.2) is 9.97 Å². The second-order valence-electron chi connectivity index (χ2n) is 4.86. The molecule has 1 atom stereocenters. The molecule has 0 saturated carbocycles. The zero-order valence-electron chi connectivity index (χ0n) is 12.3. The van der Waals surface area contributed by atoms with Crippen LogP contribution in [-0.2, 0) is 6.42 Å². The van der Waals surface area contributed by atoms with Gasteiger partial charge in [0.25, 0.3) is 0 Å². The van der Waals surface area contributed by atoms with Gasteiger partial charge in [-0.05, 0) is 31.9 Å². The lowest BCUT2D eigenvalue weighted by molar-refractivity contribution is 0.354. The Morgan fingerprint density at radius 3 is 2.60 bits per heavy atom. The number of nitrogens with one attached hydrogen (secondary N) is 1. The number of hydrogen-bond donors (Lipinski definition) is 1. The number of nitrogens with zero attached hydrogens (tertiary/aromatic N) is 4. The monoisotopic (exact) mass is 275 g/mol. The third-order valence-electron chi connectivity index (χ3n) is 3.05. The molecule has 1 N–H and O–H groups in total. The van der Waals surface area contributed by atoms with Gasteiger partial charge in [-0.15, -0.1) is 0 Å². The average Bonchev–Trinajstić information content (AvgIpc) is 2.92. The van der Waals surface area contributed by atoms with E-state index in [4.69, 9.17) is 4.52 Å². The summed E-state index contributed by atoms with van der Waals surface area (Å²) in [6.07, 6.45) is 6.36. The summed E-state index contributed by atoms with van der Waals surface area (Å²) >= 11 is 0. The maximum atomic E-state index is 5.28. The van der Waals surface area contributed by atoms with E-state index in [0.29, 0.717) is 23.6 Å². The van der Waals surface area contributed by atoms with Crippen molar-refractivity contribution in [2.24, 2.45) is 0 Å². The third kappa shape index (κ3) is 3.84. The average molecular weight is 275 g/mol. The largest absolute Gasteiger partial charge is 0.339 e. The number of rotatable bonds is 7. The smallest absolute Gasteiger partial charge is 0.240 e. The summed E-state index contributed by atoms with van der Waals surface area (Å²) in [6.45, 7) is 7.24. The van der Waals surface area contributed by atoms with Gasteiger partial charge < -0.3 is 9.84 Å². The summed E-state index contributed by atoms with van der Waals surface area (Å²) in [7, 11) is 0. The topological polar surface area (TPSA) is 76.7 Å². The van der Waals surface area contributed by atoms with Crippen LogP contribution < -0.4 is 5.32 Å². The molecule has 0 fully saturated rings. The van der Waals surface area contributed by atoms with Crippen molar-refractivity contribution in [2.45, 2.75) is 46.1 Å². The molecule has 0 amide bonds. The zero-order chi connectivity index (χ0) is 14.4. The van der Waals surface area contributed by atoms with E-state index in [1.165, 1.54) is 0 Å². The van der Waals surface area contributed by atoms with Crippen molar-refractivity contribution in [1.82, 2.24) is 25.4 Å². The zero-order valence-corrected chi connectivity index (χ0v) is 12.3. The van der Waals surface area contributed by atoms with E-state index < -0.39 is 0 Å². The van der Waals surface area contributed by atoms with Crippen LogP contribution in [0.25, 0.3) is 11.6 Å². The molecule has 0 radical (unpaired) electrons. The number of aryl methyl sites for hydroxylation is 1. The maximum absolute atomic E-state index is 5.28. The summed E-state index contributed by atoms with van der Waals surface area (Å²) < 4.78 is 5.28. The van der Waals surface area contributed by atoms with Gasteiger partial charge in [-0.1, -0.05) is 19.0 Å². The molecule has 2 heterocycles. The summed E-state index contributed by atoms with van der Waals surface area (Å²) in [4.78, 5) is 12.8. The Bertz CT molecular complexity index is 523. The Hall–Kier alpha value is -1.82. The predicted molar refractivity (Wildman–Crippen MR) is 76.1 cm³/mol. The summed E-state index contributed by atoms with van der Waals surface area (Å²) in [5, 5.41) is 7.41. The van der Waals surface area contributed by atoms with Crippen molar-refractivity contribution in [3.63, 3.8) is 0 Å². The van der Waals surface area contributed by atoms with Crippen LogP contribution in [0, 0.1) is 6.92 Å². The van der Waals surface area contributed by atoms with Gasteiger partial charge >= 0.3 is 0 Å². The van der Waals surface area contributed by atoms with Gasteiger partial charge in [0.15, 0.2) is 0 Å². The second kappa shape index (κ2) is 7.09. The lowest BCUT2D eigenvalue weighted by Crippen LogP contribution is -2.31. The predicted octanol–water partition coefficient (Wildman–Crippen LogP) is 2.16. The van der Waals surface area contributed by atoms with Crippen molar-refractivity contribution in [3.8, 4) is 11.6 Å². The lowest BCUT2D eigenvalue weighted by Gasteiger charge is -2.13. The van der Waals surface area contributed by atoms with Crippen LogP contribution in [0.4, 0.5) is 0 Å². The minimum atomic E-state index is 0.363. The fourth-order valence-corrected chi connectivity index (χ4v) is 1.86. The summed E-state index contributed by atoms with van der Waals surface area (Å²) in [5.74, 6) is 1.57. The Morgan fingerprint density at radius 1 is 1.20 bits per heavy atom. The van der Waals surface area contributed by atoms with Gasteiger partial charge in [0.05, 0.1) is 0 Å². The normalized spacial score (nSPS) is 12.6. The highest BCUT2D eigenvalue weighted by atomic mass is 16.5. The van der Waals surface area contributed by atoms with Gasteiger partial charge in [0, 0.05) is 24.9 Å². The molecule has 2 aromatic rings. The standard InChI is InChI=1S/C14H21N5O/c1-4-6-15-11(5-2)7-12-18-14(19-20-12)13-16-8-10(3)9-17-13/h8-9,11,15H,4-7H2,1-3H3. The molecule has 0 spiro atoms.